The highest BCUT2D eigenvalue weighted by Gasteiger charge is 2.59. The molecule has 124 valence electrons. The van der Waals surface area contributed by atoms with Gasteiger partial charge in [-0.05, 0) is 55.9 Å². The molecular formula is C17H20BrNO3S. The fraction of sp³-hybridized carbons (Fsp3) is 0.529. The van der Waals surface area contributed by atoms with Crippen molar-refractivity contribution in [3.05, 3.63) is 28.7 Å². The van der Waals surface area contributed by atoms with E-state index in [0.717, 1.165) is 28.6 Å². The molecule has 0 radical (unpaired) electrons. The first kappa shape index (κ1) is 16.8. The Labute approximate surface area is 148 Å². The lowest BCUT2D eigenvalue weighted by atomic mass is 9.90. The van der Waals surface area contributed by atoms with Gasteiger partial charge in [-0.3, -0.25) is 9.59 Å². The van der Waals surface area contributed by atoms with Gasteiger partial charge in [0.1, 0.15) is 0 Å². The monoisotopic (exact) mass is 397 g/mol. The van der Waals surface area contributed by atoms with Crippen LogP contribution >= 0.6 is 27.7 Å². The molecule has 2 atom stereocenters. The fourth-order valence-corrected chi connectivity index (χ4v) is 4.66. The Hall–Kier alpha value is -1.01. The van der Waals surface area contributed by atoms with Gasteiger partial charge >= 0.3 is 5.97 Å². The van der Waals surface area contributed by atoms with E-state index in [1.165, 1.54) is 0 Å². The Morgan fingerprint density at radius 1 is 1.30 bits per heavy atom. The lowest BCUT2D eigenvalue weighted by Gasteiger charge is -2.34. The first-order valence-corrected chi connectivity index (χ1v) is 9.52. The molecule has 1 aliphatic heterocycles. The summed E-state index contributed by atoms with van der Waals surface area (Å²) >= 11 is 4.98. The van der Waals surface area contributed by atoms with Crippen LogP contribution in [0.2, 0.25) is 0 Å². The molecule has 2 unspecified atom stereocenters. The molecule has 0 bridgehead atoms. The van der Waals surface area contributed by atoms with Crippen molar-refractivity contribution in [2.45, 2.75) is 36.3 Å². The number of carboxylic acid groups (broad SMARTS) is 1. The van der Waals surface area contributed by atoms with Crippen LogP contribution in [0.25, 0.3) is 0 Å². The number of nitrogens with zero attached hydrogens (tertiary/aromatic N) is 1. The van der Waals surface area contributed by atoms with Crippen LogP contribution in [0, 0.1) is 11.3 Å². The molecule has 1 aromatic rings. The van der Waals surface area contributed by atoms with Gasteiger partial charge in [0, 0.05) is 22.5 Å². The summed E-state index contributed by atoms with van der Waals surface area (Å²) in [5.74, 6) is -0.710. The van der Waals surface area contributed by atoms with E-state index < -0.39 is 5.97 Å². The van der Waals surface area contributed by atoms with Crippen molar-refractivity contribution < 1.29 is 14.7 Å². The Kier molecular flexibility index (Phi) is 4.74. The van der Waals surface area contributed by atoms with Gasteiger partial charge in [0.2, 0.25) is 5.91 Å². The Morgan fingerprint density at radius 3 is 2.43 bits per heavy atom. The van der Waals surface area contributed by atoms with Crippen LogP contribution in [0.1, 0.15) is 26.2 Å². The largest absolute Gasteiger partial charge is 0.481 e. The molecular weight excluding hydrogens is 378 g/mol. The van der Waals surface area contributed by atoms with Crippen molar-refractivity contribution in [3.8, 4) is 0 Å². The molecule has 2 aliphatic rings. The maximum absolute atomic E-state index is 12.6. The van der Waals surface area contributed by atoms with Gasteiger partial charge in [-0.15, -0.1) is 11.8 Å². The number of piperidine rings is 1. The summed E-state index contributed by atoms with van der Waals surface area (Å²) in [6.07, 6.45) is 2.43. The van der Waals surface area contributed by atoms with Gasteiger partial charge in [0.25, 0.3) is 0 Å². The van der Waals surface area contributed by atoms with E-state index >= 15 is 0 Å². The summed E-state index contributed by atoms with van der Waals surface area (Å²) in [5, 5.41) is 9.01. The summed E-state index contributed by atoms with van der Waals surface area (Å²) in [6.45, 7) is 3.32. The minimum atomic E-state index is -0.677. The number of hydrogen-bond donors (Lipinski definition) is 1. The van der Waals surface area contributed by atoms with E-state index in [0.29, 0.717) is 13.1 Å². The second-order valence-electron chi connectivity index (χ2n) is 6.50. The standard InChI is InChI=1S/C17H20BrNO3S/c1-11(23-13-4-2-12(18)3-5-13)15(20)19-8-6-17(7-9-19)10-14(17)16(21)22/h2-5,11,14H,6-10H2,1H3,(H,21,22). The zero-order valence-corrected chi connectivity index (χ0v) is 15.4. The minimum absolute atomic E-state index is 0.0231. The number of benzene rings is 1. The van der Waals surface area contributed by atoms with E-state index in [4.69, 9.17) is 5.11 Å². The molecule has 1 heterocycles. The molecule has 1 saturated carbocycles. The summed E-state index contributed by atoms with van der Waals surface area (Å²) in [6, 6.07) is 7.96. The highest BCUT2D eigenvalue weighted by atomic mass is 79.9. The maximum Gasteiger partial charge on any atom is 0.307 e. The second-order valence-corrected chi connectivity index (χ2v) is 8.83. The van der Waals surface area contributed by atoms with Crippen molar-refractivity contribution in [1.29, 1.82) is 0 Å². The summed E-state index contributed by atoms with van der Waals surface area (Å²) in [7, 11) is 0. The predicted octanol–water partition coefficient (Wildman–Crippen LogP) is 3.64. The van der Waals surface area contributed by atoms with Crippen LogP contribution in [-0.4, -0.2) is 40.2 Å². The van der Waals surface area contributed by atoms with Crippen LogP contribution in [0.3, 0.4) is 0 Å². The SMILES string of the molecule is CC(Sc1ccc(Br)cc1)C(=O)N1CCC2(CC1)CC2C(=O)O. The van der Waals surface area contributed by atoms with Gasteiger partial charge in [0.05, 0.1) is 11.2 Å². The number of halogens is 1. The first-order valence-electron chi connectivity index (χ1n) is 7.85. The number of carbonyl (C=O) groups excluding carboxylic acids is 1. The number of hydrogen-bond acceptors (Lipinski definition) is 3. The van der Waals surface area contributed by atoms with Crippen LogP contribution in [-0.2, 0) is 9.59 Å². The van der Waals surface area contributed by atoms with Gasteiger partial charge in [-0.1, -0.05) is 15.9 Å². The average molecular weight is 398 g/mol. The molecule has 1 saturated heterocycles. The lowest BCUT2D eigenvalue weighted by molar-refractivity contribution is -0.139. The van der Waals surface area contributed by atoms with Crippen molar-refractivity contribution >= 4 is 39.6 Å². The number of thioether (sulfide) groups is 1. The van der Waals surface area contributed by atoms with Gasteiger partial charge in [0.15, 0.2) is 0 Å². The van der Waals surface area contributed by atoms with E-state index in [-0.39, 0.29) is 22.5 Å². The second kappa shape index (κ2) is 6.48. The summed E-state index contributed by atoms with van der Waals surface area (Å²) in [4.78, 5) is 26.7. The average Bonchev–Trinajstić information content (AvgIpc) is 3.24. The Bertz CT molecular complexity index is 611. The minimum Gasteiger partial charge on any atom is -0.481 e. The van der Waals surface area contributed by atoms with E-state index in [1.54, 1.807) is 11.8 Å². The van der Waals surface area contributed by atoms with Crippen molar-refractivity contribution in [1.82, 2.24) is 4.90 Å². The van der Waals surface area contributed by atoms with E-state index in [9.17, 15) is 9.59 Å². The number of amides is 1. The topological polar surface area (TPSA) is 57.6 Å². The molecule has 1 spiro atoms. The third kappa shape index (κ3) is 3.58. The zero-order valence-electron chi connectivity index (χ0n) is 13.0. The lowest BCUT2D eigenvalue weighted by Crippen LogP contribution is -2.43. The third-order valence-corrected chi connectivity index (χ3v) is 6.66. The number of carbonyl (C=O) groups is 2. The maximum atomic E-state index is 12.6. The molecule has 23 heavy (non-hydrogen) atoms. The number of rotatable bonds is 4. The third-order valence-electron chi connectivity index (χ3n) is 5.03. The van der Waals surface area contributed by atoms with Gasteiger partial charge in [-0.25, -0.2) is 0 Å². The smallest absolute Gasteiger partial charge is 0.307 e. The quantitative estimate of drug-likeness (QED) is 0.787. The Morgan fingerprint density at radius 2 is 1.91 bits per heavy atom. The molecule has 1 amide bonds. The van der Waals surface area contributed by atoms with Crippen molar-refractivity contribution in [2.24, 2.45) is 11.3 Å². The molecule has 1 aliphatic carbocycles. The molecule has 1 N–H and O–H groups in total. The number of likely N-dealkylation sites (tertiary alicyclic amines) is 1. The summed E-state index contributed by atoms with van der Waals surface area (Å²) in [5.41, 5.74) is -0.0231. The molecule has 2 fully saturated rings. The number of aliphatic carboxylic acids is 1. The van der Waals surface area contributed by atoms with Crippen LogP contribution in [0.15, 0.2) is 33.6 Å². The van der Waals surface area contributed by atoms with Gasteiger partial charge < -0.3 is 10.0 Å². The number of carboxylic acids is 1. The van der Waals surface area contributed by atoms with Crippen molar-refractivity contribution in [2.75, 3.05) is 13.1 Å². The van der Waals surface area contributed by atoms with Crippen LogP contribution in [0.4, 0.5) is 0 Å². The normalized spacial score (nSPS) is 23.6. The first-order chi connectivity index (χ1) is 10.9. The Balaban J connectivity index is 1.53. The molecule has 0 aromatic heterocycles. The van der Waals surface area contributed by atoms with E-state index in [2.05, 4.69) is 15.9 Å². The predicted molar refractivity (Wildman–Crippen MR) is 93.5 cm³/mol. The van der Waals surface area contributed by atoms with Gasteiger partial charge in [-0.2, -0.15) is 0 Å². The highest BCUT2D eigenvalue weighted by Crippen LogP contribution is 2.59. The molecule has 6 heteroatoms. The van der Waals surface area contributed by atoms with Crippen LogP contribution < -0.4 is 0 Å². The van der Waals surface area contributed by atoms with Crippen molar-refractivity contribution in [3.63, 3.8) is 0 Å². The molecule has 4 nitrogen and oxygen atoms in total. The summed E-state index contributed by atoms with van der Waals surface area (Å²) < 4.78 is 1.03. The molecule has 1 aromatic carbocycles. The zero-order chi connectivity index (χ0) is 16.6. The van der Waals surface area contributed by atoms with Crippen LogP contribution in [0.5, 0.6) is 0 Å². The highest BCUT2D eigenvalue weighted by molar-refractivity contribution is 9.10. The van der Waals surface area contributed by atoms with E-state index in [1.807, 2.05) is 36.1 Å². The fourth-order valence-electron chi connectivity index (χ4n) is 3.45. The molecule has 3 rings (SSSR count).